The maximum Gasteiger partial charge on any atom is 0.313 e. The summed E-state index contributed by atoms with van der Waals surface area (Å²) in [4.78, 5) is 22.3. The molecule has 5 heteroatoms. The lowest BCUT2D eigenvalue weighted by Gasteiger charge is -2.10. The van der Waals surface area contributed by atoms with Crippen LogP contribution in [-0.4, -0.2) is 18.9 Å². The van der Waals surface area contributed by atoms with Crippen molar-refractivity contribution in [1.29, 1.82) is 0 Å². The van der Waals surface area contributed by atoms with Crippen LogP contribution in [0, 0.1) is 0 Å². The minimum atomic E-state index is -0.523. The van der Waals surface area contributed by atoms with Crippen molar-refractivity contribution in [3.63, 3.8) is 0 Å². The zero-order valence-corrected chi connectivity index (χ0v) is 10.4. The predicted octanol–water partition coefficient (Wildman–Crippen LogP) is 1.63. The highest BCUT2D eigenvalue weighted by Crippen LogP contribution is 2.14. The van der Waals surface area contributed by atoms with Crippen LogP contribution in [0.15, 0.2) is 30.3 Å². The molecule has 1 unspecified atom stereocenters. The van der Waals surface area contributed by atoms with Crippen LogP contribution in [0.4, 0.5) is 0 Å². The van der Waals surface area contributed by atoms with Crippen LogP contribution in [0.3, 0.4) is 0 Å². The molecule has 0 fully saturated rings. The summed E-state index contributed by atoms with van der Waals surface area (Å²) in [5.41, 5.74) is 6.73. The van der Waals surface area contributed by atoms with Crippen molar-refractivity contribution < 1.29 is 14.3 Å². The van der Waals surface area contributed by atoms with E-state index in [1.54, 1.807) is 0 Å². The average molecular weight is 258 g/mol. The Morgan fingerprint density at radius 2 is 1.88 bits per heavy atom. The van der Waals surface area contributed by atoms with Gasteiger partial charge in [-0.3, -0.25) is 9.59 Å². The number of carbonyl (C=O) groups is 2. The van der Waals surface area contributed by atoms with Crippen LogP contribution in [0.1, 0.15) is 24.4 Å². The summed E-state index contributed by atoms with van der Waals surface area (Å²) in [6, 6.07) is 8.96. The molecule has 94 valence electrons. The molecule has 1 aromatic rings. The molecule has 1 rings (SSSR count). The van der Waals surface area contributed by atoms with Gasteiger partial charge in [0.05, 0.1) is 7.11 Å². The first-order valence-corrected chi connectivity index (χ1v) is 5.02. The monoisotopic (exact) mass is 257 g/mol. The number of benzene rings is 1. The Bertz CT molecular complexity index is 367. The molecule has 0 aliphatic rings. The number of hydrogen-bond acceptors (Lipinski definition) is 4. The molecule has 0 amide bonds. The topological polar surface area (TPSA) is 69.4 Å². The van der Waals surface area contributed by atoms with Gasteiger partial charge in [0.2, 0.25) is 0 Å². The SMILES string of the molecule is COC(=O)CC(=O)CC(N)c1ccccc1.Cl. The zero-order valence-electron chi connectivity index (χ0n) is 9.59. The molecular formula is C12H16ClNO3. The van der Waals surface area contributed by atoms with E-state index in [1.807, 2.05) is 30.3 Å². The highest BCUT2D eigenvalue weighted by molar-refractivity contribution is 5.95. The standard InChI is InChI=1S/C12H15NO3.ClH/c1-16-12(15)8-10(14)7-11(13)9-5-3-2-4-6-9;/h2-6,11H,7-8,13H2,1H3;1H. The number of hydrogen-bond donors (Lipinski definition) is 1. The summed E-state index contributed by atoms with van der Waals surface area (Å²) in [5.74, 6) is -0.728. The number of methoxy groups -OCH3 is 1. The third-order valence-electron chi connectivity index (χ3n) is 2.24. The van der Waals surface area contributed by atoms with Crippen molar-refractivity contribution in [2.24, 2.45) is 5.73 Å². The van der Waals surface area contributed by atoms with Crippen LogP contribution in [-0.2, 0) is 14.3 Å². The fraction of sp³-hybridized carbons (Fsp3) is 0.333. The second-order valence-electron chi connectivity index (χ2n) is 3.51. The van der Waals surface area contributed by atoms with Gasteiger partial charge in [-0.1, -0.05) is 30.3 Å². The van der Waals surface area contributed by atoms with E-state index < -0.39 is 5.97 Å². The third kappa shape index (κ3) is 5.47. The molecule has 1 aromatic carbocycles. The Morgan fingerprint density at radius 1 is 1.29 bits per heavy atom. The lowest BCUT2D eigenvalue weighted by molar-refractivity contribution is -0.143. The van der Waals surface area contributed by atoms with Gasteiger partial charge in [-0.05, 0) is 5.56 Å². The summed E-state index contributed by atoms with van der Waals surface area (Å²) in [6.07, 6.45) is -0.0594. The third-order valence-corrected chi connectivity index (χ3v) is 2.24. The molecule has 0 bridgehead atoms. The second-order valence-corrected chi connectivity index (χ2v) is 3.51. The van der Waals surface area contributed by atoms with Gasteiger partial charge in [0.15, 0.2) is 0 Å². The van der Waals surface area contributed by atoms with Crippen LogP contribution in [0.25, 0.3) is 0 Å². The van der Waals surface area contributed by atoms with Gasteiger partial charge in [0.1, 0.15) is 12.2 Å². The summed E-state index contributed by atoms with van der Waals surface area (Å²) >= 11 is 0. The minimum absolute atomic E-state index is 0. The molecule has 0 radical (unpaired) electrons. The van der Waals surface area contributed by atoms with Crippen molar-refractivity contribution in [1.82, 2.24) is 0 Å². The largest absolute Gasteiger partial charge is 0.469 e. The van der Waals surface area contributed by atoms with Crippen LogP contribution in [0.5, 0.6) is 0 Å². The average Bonchev–Trinajstić information content (AvgIpc) is 2.29. The van der Waals surface area contributed by atoms with Gasteiger partial charge in [-0.2, -0.15) is 0 Å². The van der Waals surface area contributed by atoms with Crippen molar-refractivity contribution in [3.8, 4) is 0 Å². The highest BCUT2D eigenvalue weighted by Gasteiger charge is 2.14. The second kappa shape index (κ2) is 7.81. The molecule has 2 N–H and O–H groups in total. The van der Waals surface area contributed by atoms with Crippen molar-refractivity contribution >= 4 is 24.2 Å². The van der Waals surface area contributed by atoms with Crippen molar-refractivity contribution in [3.05, 3.63) is 35.9 Å². The van der Waals surface area contributed by atoms with E-state index in [0.29, 0.717) is 0 Å². The number of halogens is 1. The summed E-state index contributed by atoms with van der Waals surface area (Å²) in [6.45, 7) is 0. The number of ketones is 1. The Hall–Kier alpha value is -1.39. The molecule has 0 spiro atoms. The fourth-order valence-corrected chi connectivity index (χ4v) is 1.37. The zero-order chi connectivity index (χ0) is 12.0. The first-order valence-electron chi connectivity index (χ1n) is 5.02. The van der Waals surface area contributed by atoms with Crippen molar-refractivity contribution in [2.45, 2.75) is 18.9 Å². The summed E-state index contributed by atoms with van der Waals surface area (Å²) < 4.78 is 4.41. The molecule has 4 nitrogen and oxygen atoms in total. The van der Waals surface area contributed by atoms with Crippen LogP contribution in [0.2, 0.25) is 0 Å². The van der Waals surface area contributed by atoms with Gasteiger partial charge >= 0.3 is 5.97 Å². The first kappa shape index (κ1) is 15.6. The molecule has 0 aliphatic heterocycles. The Balaban J connectivity index is 0.00000256. The fourth-order valence-electron chi connectivity index (χ4n) is 1.37. The quantitative estimate of drug-likeness (QED) is 0.643. The molecule has 0 saturated heterocycles. The van der Waals surface area contributed by atoms with E-state index in [1.165, 1.54) is 7.11 Å². The molecule has 0 heterocycles. The van der Waals surface area contributed by atoms with E-state index >= 15 is 0 Å². The predicted molar refractivity (Wildman–Crippen MR) is 66.9 cm³/mol. The number of carbonyl (C=O) groups excluding carboxylic acids is 2. The number of Topliss-reactive ketones (excluding diaryl/α,β-unsaturated/α-hetero) is 1. The normalized spacial score (nSPS) is 11.2. The molecule has 0 aliphatic carbocycles. The number of ether oxygens (including phenoxy) is 1. The summed E-state index contributed by atoms with van der Waals surface area (Å²) in [5, 5.41) is 0. The van der Waals surface area contributed by atoms with Gasteiger partial charge in [-0.25, -0.2) is 0 Å². The maximum atomic E-state index is 11.4. The smallest absolute Gasteiger partial charge is 0.313 e. The first-order chi connectivity index (χ1) is 7.63. The number of rotatable bonds is 5. The Morgan fingerprint density at radius 3 is 2.41 bits per heavy atom. The van der Waals surface area contributed by atoms with E-state index in [4.69, 9.17) is 5.73 Å². The minimum Gasteiger partial charge on any atom is -0.469 e. The molecule has 1 atom stereocenters. The van der Waals surface area contributed by atoms with E-state index in [9.17, 15) is 9.59 Å². The van der Waals surface area contributed by atoms with Gasteiger partial charge in [-0.15, -0.1) is 12.4 Å². The maximum absolute atomic E-state index is 11.4. The molecule has 0 aromatic heterocycles. The van der Waals surface area contributed by atoms with E-state index in [2.05, 4.69) is 4.74 Å². The van der Waals surface area contributed by atoms with Crippen LogP contribution < -0.4 is 5.73 Å². The number of esters is 1. The van der Waals surface area contributed by atoms with Crippen molar-refractivity contribution in [2.75, 3.05) is 7.11 Å². The van der Waals surface area contributed by atoms with E-state index in [-0.39, 0.29) is 37.1 Å². The lowest BCUT2D eigenvalue weighted by Crippen LogP contribution is -2.18. The molecule has 17 heavy (non-hydrogen) atoms. The lowest BCUT2D eigenvalue weighted by atomic mass is 10.0. The van der Waals surface area contributed by atoms with Gasteiger partial charge in [0.25, 0.3) is 0 Å². The summed E-state index contributed by atoms with van der Waals surface area (Å²) in [7, 11) is 1.26. The van der Waals surface area contributed by atoms with Gasteiger partial charge in [0, 0.05) is 12.5 Å². The number of nitrogens with two attached hydrogens (primary N) is 1. The van der Waals surface area contributed by atoms with Crippen LogP contribution >= 0.6 is 12.4 Å². The Labute approximate surface area is 107 Å². The molecule has 0 saturated carbocycles. The van der Waals surface area contributed by atoms with E-state index in [0.717, 1.165) is 5.56 Å². The molecular weight excluding hydrogens is 242 g/mol. The highest BCUT2D eigenvalue weighted by atomic mass is 35.5. The van der Waals surface area contributed by atoms with Gasteiger partial charge < -0.3 is 10.5 Å². The Kier molecular flexibility index (Phi) is 7.18.